The molecule has 0 bridgehead atoms. The molecule has 0 atom stereocenters. The maximum atomic E-state index is 12.4. The normalized spacial score (nSPS) is 10.7. The second-order valence-corrected chi connectivity index (χ2v) is 6.19. The van der Waals surface area contributed by atoms with Crippen molar-refractivity contribution in [2.75, 3.05) is 5.32 Å². The molecule has 3 rings (SSSR count). The number of amides is 1. The largest absolute Gasteiger partial charge is 0.309 e. The lowest BCUT2D eigenvalue weighted by Crippen LogP contribution is -2.27. The van der Waals surface area contributed by atoms with Crippen molar-refractivity contribution in [3.63, 3.8) is 0 Å². The summed E-state index contributed by atoms with van der Waals surface area (Å²) in [6.07, 6.45) is 1.03. The first-order valence-electron chi connectivity index (χ1n) is 8.27. The Morgan fingerprint density at radius 3 is 2.46 bits per heavy atom. The Hall–Kier alpha value is -3.89. The summed E-state index contributed by atoms with van der Waals surface area (Å²) in [4.78, 5) is 43.2. The number of carbonyl (C=O) groups excluding carboxylic acids is 1. The third-order valence-electron chi connectivity index (χ3n) is 3.75. The molecule has 0 saturated carbocycles. The molecular weight excluding hydrogens is 366 g/mol. The molecule has 0 saturated heterocycles. The summed E-state index contributed by atoms with van der Waals surface area (Å²) < 4.78 is 2.36. The van der Waals surface area contributed by atoms with E-state index in [4.69, 9.17) is 0 Å². The topological polar surface area (TPSA) is 138 Å². The zero-order valence-electron chi connectivity index (χ0n) is 15.4. The van der Waals surface area contributed by atoms with Gasteiger partial charge in [0.2, 0.25) is 5.91 Å². The number of aryl methyl sites for hydroxylation is 3. The fraction of sp³-hybridized carbons (Fsp3) is 0.235. The minimum absolute atomic E-state index is 0.281. The molecule has 0 fully saturated rings. The number of hydrogen-bond donors (Lipinski definition) is 1. The first-order valence-corrected chi connectivity index (χ1v) is 8.27. The second kappa shape index (κ2) is 7.39. The van der Waals surface area contributed by atoms with Crippen LogP contribution in [0.2, 0.25) is 0 Å². The number of carbonyl (C=O) groups is 1. The zero-order valence-corrected chi connectivity index (χ0v) is 15.4. The summed E-state index contributed by atoms with van der Waals surface area (Å²) >= 11 is 0. The molecule has 0 unspecified atom stereocenters. The van der Waals surface area contributed by atoms with E-state index in [1.807, 2.05) is 19.9 Å². The van der Waals surface area contributed by atoms with Crippen LogP contribution in [-0.4, -0.2) is 35.1 Å². The molecule has 0 aromatic carbocycles. The molecule has 0 spiro atoms. The van der Waals surface area contributed by atoms with Crippen LogP contribution in [0.3, 0.4) is 0 Å². The molecule has 0 aliphatic rings. The lowest BCUT2D eigenvalue weighted by molar-refractivity contribution is -0.385. The second-order valence-electron chi connectivity index (χ2n) is 6.19. The van der Waals surface area contributed by atoms with Crippen LogP contribution in [0, 0.1) is 30.9 Å². The number of nitrogens with one attached hydrogen (secondary N) is 1. The lowest BCUT2D eigenvalue weighted by atomic mass is 10.4. The van der Waals surface area contributed by atoms with E-state index in [1.54, 1.807) is 13.0 Å². The standard InChI is InChI=1S/C17H17N7O4/c1-10-6-11(2)19-17(18-10)23-14(7-12(3)21-23)20-15(25)9-22-8-13(24(27)28)4-5-16(22)26/h4-8H,9H2,1-3H3,(H,20,25). The van der Waals surface area contributed by atoms with E-state index in [0.29, 0.717) is 17.5 Å². The molecule has 11 heteroatoms. The van der Waals surface area contributed by atoms with Crippen molar-refractivity contribution in [1.82, 2.24) is 24.3 Å². The monoisotopic (exact) mass is 383 g/mol. The Kier molecular flexibility index (Phi) is 4.98. The van der Waals surface area contributed by atoms with Crippen LogP contribution >= 0.6 is 0 Å². The van der Waals surface area contributed by atoms with Gasteiger partial charge in [-0.05, 0) is 26.8 Å². The molecule has 144 valence electrons. The molecule has 3 aromatic rings. The number of anilines is 1. The third-order valence-corrected chi connectivity index (χ3v) is 3.75. The van der Waals surface area contributed by atoms with E-state index in [1.165, 1.54) is 4.68 Å². The van der Waals surface area contributed by atoms with E-state index in [0.717, 1.165) is 34.3 Å². The van der Waals surface area contributed by atoms with Gasteiger partial charge in [0, 0.05) is 29.6 Å². The summed E-state index contributed by atoms with van der Waals surface area (Å²) in [7, 11) is 0. The molecule has 1 amide bonds. The number of nitrogens with zero attached hydrogens (tertiary/aromatic N) is 6. The van der Waals surface area contributed by atoms with Crippen LogP contribution in [0.4, 0.5) is 11.5 Å². The number of hydrogen-bond acceptors (Lipinski definition) is 7. The van der Waals surface area contributed by atoms with Gasteiger partial charge in [-0.3, -0.25) is 24.3 Å². The first kappa shape index (κ1) is 18.9. The molecule has 1 N–H and O–H groups in total. The average molecular weight is 383 g/mol. The Morgan fingerprint density at radius 2 is 1.82 bits per heavy atom. The zero-order chi connectivity index (χ0) is 20.4. The maximum absolute atomic E-state index is 12.4. The number of aromatic nitrogens is 5. The van der Waals surface area contributed by atoms with Crippen molar-refractivity contribution in [3.8, 4) is 5.95 Å². The van der Waals surface area contributed by atoms with Crippen molar-refractivity contribution in [3.05, 3.63) is 68.0 Å². The summed E-state index contributed by atoms with van der Waals surface area (Å²) in [6, 6.07) is 5.58. The third kappa shape index (κ3) is 4.09. The van der Waals surface area contributed by atoms with Gasteiger partial charge in [0.15, 0.2) is 0 Å². The fourth-order valence-corrected chi connectivity index (χ4v) is 2.63. The van der Waals surface area contributed by atoms with Crippen molar-refractivity contribution in [2.45, 2.75) is 27.3 Å². The molecule has 3 aromatic heterocycles. The number of nitro groups is 1. The predicted molar refractivity (Wildman–Crippen MR) is 99.4 cm³/mol. The number of rotatable bonds is 5. The highest BCUT2D eigenvalue weighted by Crippen LogP contribution is 2.15. The van der Waals surface area contributed by atoms with Gasteiger partial charge in [-0.1, -0.05) is 0 Å². The number of pyridine rings is 1. The molecule has 0 aliphatic carbocycles. The van der Waals surface area contributed by atoms with Crippen LogP contribution in [0.5, 0.6) is 0 Å². The van der Waals surface area contributed by atoms with Gasteiger partial charge in [-0.25, -0.2) is 9.97 Å². The summed E-state index contributed by atoms with van der Waals surface area (Å²) in [6.45, 7) is 5.00. The Morgan fingerprint density at radius 1 is 1.14 bits per heavy atom. The van der Waals surface area contributed by atoms with Crippen LogP contribution in [0.15, 0.2) is 35.3 Å². The van der Waals surface area contributed by atoms with Gasteiger partial charge in [0.25, 0.3) is 17.2 Å². The van der Waals surface area contributed by atoms with E-state index < -0.39 is 22.9 Å². The van der Waals surface area contributed by atoms with Crippen LogP contribution in [0.25, 0.3) is 5.95 Å². The van der Waals surface area contributed by atoms with Gasteiger partial charge in [-0.2, -0.15) is 9.78 Å². The highest BCUT2D eigenvalue weighted by Gasteiger charge is 2.15. The first-order chi connectivity index (χ1) is 13.2. The summed E-state index contributed by atoms with van der Waals surface area (Å²) in [5, 5.41) is 17.8. The fourth-order valence-electron chi connectivity index (χ4n) is 2.63. The highest BCUT2D eigenvalue weighted by atomic mass is 16.6. The van der Waals surface area contributed by atoms with E-state index >= 15 is 0 Å². The van der Waals surface area contributed by atoms with Crippen molar-refractivity contribution in [1.29, 1.82) is 0 Å². The predicted octanol–water partition coefficient (Wildman–Crippen LogP) is 1.30. The van der Waals surface area contributed by atoms with Crippen LogP contribution < -0.4 is 10.9 Å². The van der Waals surface area contributed by atoms with Crippen LogP contribution in [-0.2, 0) is 11.3 Å². The van der Waals surface area contributed by atoms with Gasteiger partial charge >= 0.3 is 0 Å². The van der Waals surface area contributed by atoms with Crippen molar-refractivity contribution < 1.29 is 9.72 Å². The smallest absolute Gasteiger partial charge is 0.285 e. The van der Waals surface area contributed by atoms with Crippen molar-refractivity contribution in [2.24, 2.45) is 0 Å². The maximum Gasteiger partial charge on any atom is 0.285 e. The SMILES string of the molecule is Cc1cc(C)nc(-n2nc(C)cc2NC(=O)Cn2cc([N+](=O)[O-])ccc2=O)n1. The lowest BCUT2D eigenvalue weighted by Gasteiger charge is -2.09. The highest BCUT2D eigenvalue weighted by molar-refractivity contribution is 5.90. The Balaban J connectivity index is 1.87. The molecule has 0 aliphatic heterocycles. The molecule has 28 heavy (non-hydrogen) atoms. The Bertz CT molecular complexity index is 1110. The van der Waals surface area contributed by atoms with E-state index in [2.05, 4.69) is 20.4 Å². The molecule has 3 heterocycles. The van der Waals surface area contributed by atoms with E-state index in [9.17, 15) is 19.7 Å². The molecule has 11 nitrogen and oxygen atoms in total. The minimum atomic E-state index is -0.635. The summed E-state index contributed by atoms with van der Waals surface area (Å²) in [5.74, 6) is 0.0764. The van der Waals surface area contributed by atoms with Gasteiger partial charge in [-0.15, -0.1) is 0 Å². The molecular formula is C17H17N7O4. The molecule has 0 radical (unpaired) electrons. The van der Waals surface area contributed by atoms with Gasteiger partial charge < -0.3 is 5.32 Å². The van der Waals surface area contributed by atoms with Gasteiger partial charge in [0.1, 0.15) is 12.4 Å². The van der Waals surface area contributed by atoms with Gasteiger partial charge in [0.05, 0.1) is 16.8 Å². The minimum Gasteiger partial charge on any atom is -0.309 e. The average Bonchev–Trinajstić information content (AvgIpc) is 2.96. The van der Waals surface area contributed by atoms with Crippen molar-refractivity contribution >= 4 is 17.4 Å². The summed E-state index contributed by atoms with van der Waals surface area (Å²) in [5.41, 5.74) is 1.32. The Labute approximate surface area is 158 Å². The van der Waals surface area contributed by atoms with Crippen LogP contribution in [0.1, 0.15) is 17.1 Å². The quantitative estimate of drug-likeness (QED) is 0.517. The van der Waals surface area contributed by atoms with E-state index in [-0.39, 0.29) is 5.69 Å².